The Morgan fingerprint density at radius 1 is 1.05 bits per heavy atom. The predicted molar refractivity (Wildman–Crippen MR) is 79.3 cm³/mol. The van der Waals surface area contributed by atoms with E-state index in [9.17, 15) is 0 Å². The van der Waals surface area contributed by atoms with E-state index in [2.05, 4.69) is 43.6 Å². The average molecular weight is 255 g/mol. The van der Waals surface area contributed by atoms with Gasteiger partial charge in [-0.25, -0.2) is 0 Å². The van der Waals surface area contributed by atoms with Crippen molar-refractivity contribution < 1.29 is 0 Å². The summed E-state index contributed by atoms with van der Waals surface area (Å²) < 4.78 is 0. The van der Waals surface area contributed by atoms with Crippen LogP contribution < -0.4 is 5.32 Å². The second kappa shape index (κ2) is 3.85. The Morgan fingerprint density at radius 2 is 1.74 bits per heavy atom. The van der Waals surface area contributed by atoms with E-state index in [1.165, 1.54) is 44.1 Å². The summed E-state index contributed by atoms with van der Waals surface area (Å²) in [7, 11) is 2.19. The van der Waals surface area contributed by atoms with Crippen LogP contribution in [0.15, 0.2) is 24.3 Å². The lowest BCUT2D eigenvalue weighted by Gasteiger charge is -2.62. The van der Waals surface area contributed by atoms with Crippen molar-refractivity contribution in [3.05, 3.63) is 35.4 Å². The van der Waals surface area contributed by atoms with E-state index in [1.807, 2.05) is 0 Å². The Labute approximate surface area is 116 Å². The molecule has 2 unspecified atom stereocenters. The highest BCUT2D eigenvalue weighted by atomic mass is 15.0. The lowest BCUT2D eigenvalue weighted by atomic mass is 9.45. The Kier molecular flexibility index (Phi) is 2.42. The first-order valence-electron chi connectivity index (χ1n) is 7.90. The number of aryl methyl sites for hydroxylation is 1. The molecular weight excluding hydrogens is 230 g/mol. The van der Waals surface area contributed by atoms with Gasteiger partial charge in [-0.05, 0) is 80.9 Å². The summed E-state index contributed by atoms with van der Waals surface area (Å²) in [5, 5.41) is 3.72. The fourth-order valence-electron chi connectivity index (χ4n) is 6.04. The Balaban J connectivity index is 1.81. The number of hydrogen-bond donors (Lipinski definition) is 1. The zero-order valence-electron chi connectivity index (χ0n) is 12.2. The summed E-state index contributed by atoms with van der Waals surface area (Å²) in [6, 6.07) is 9.14. The van der Waals surface area contributed by atoms with Crippen molar-refractivity contribution in [2.45, 2.75) is 56.4 Å². The number of benzene rings is 1. The molecule has 0 heterocycles. The molecule has 0 aliphatic heterocycles. The van der Waals surface area contributed by atoms with Gasteiger partial charge in [0, 0.05) is 5.54 Å². The number of rotatable bonds is 2. The topological polar surface area (TPSA) is 12.0 Å². The van der Waals surface area contributed by atoms with Crippen LogP contribution in [0.4, 0.5) is 0 Å². The van der Waals surface area contributed by atoms with Crippen LogP contribution in [-0.4, -0.2) is 12.6 Å². The summed E-state index contributed by atoms with van der Waals surface area (Å²) in [5.41, 5.74) is 4.10. The smallest absolute Gasteiger partial charge is 0.0192 e. The predicted octanol–water partition coefficient (Wildman–Crippen LogP) is 3.80. The molecular formula is C18H25N. The second-order valence-electron chi connectivity index (χ2n) is 7.59. The summed E-state index contributed by atoms with van der Waals surface area (Å²) >= 11 is 0. The van der Waals surface area contributed by atoms with Crippen molar-refractivity contribution in [2.24, 2.45) is 11.8 Å². The molecule has 1 nitrogen and oxygen atoms in total. The largest absolute Gasteiger partial charge is 0.314 e. The second-order valence-corrected chi connectivity index (χ2v) is 7.59. The monoisotopic (exact) mass is 255 g/mol. The molecule has 1 aromatic carbocycles. The van der Waals surface area contributed by atoms with Crippen molar-refractivity contribution in [3.63, 3.8) is 0 Å². The van der Waals surface area contributed by atoms with Crippen molar-refractivity contribution >= 4 is 0 Å². The van der Waals surface area contributed by atoms with E-state index in [-0.39, 0.29) is 0 Å². The fraction of sp³-hybridized carbons (Fsp3) is 0.667. The van der Waals surface area contributed by atoms with Gasteiger partial charge in [-0.2, -0.15) is 0 Å². The average Bonchev–Trinajstić information content (AvgIpc) is 2.37. The zero-order valence-corrected chi connectivity index (χ0v) is 12.2. The quantitative estimate of drug-likeness (QED) is 0.847. The minimum atomic E-state index is 0.451. The molecule has 4 aliphatic carbocycles. The molecule has 0 amide bonds. The van der Waals surface area contributed by atoms with Gasteiger partial charge in [0.15, 0.2) is 0 Å². The van der Waals surface area contributed by atoms with E-state index in [1.54, 1.807) is 5.56 Å². The molecule has 102 valence electrons. The molecule has 0 spiro atoms. The van der Waals surface area contributed by atoms with Gasteiger partial charge in [0.25, 0.3) is 0 Å². The third-order valence-electron chi connectivity index (χ3n) is 6.31. The van der Waals surface area contributed by atoms with Crippen molar-refractivity contribution in [1.82, 2.24) is 5.32 Å². The van der Waals surface area contributed by atoms with E-state index in [4.69, 9.17) is 0 Å². The first kappa shape index (κ1) is 12.0. The third-order valence-corrected chi connectivity index (χ3v) is 6.31. The number of nitrogens with one attached hydrogen (secondary N) is 1. The maximum absolute atomic E-state index is 3.72. The Hall–Kier alpha value is -0.820. The van der Waals surface area contributed by atoms with Crippen LogP contribution in [0.5, 0.6) is 0 Å². The van der Waals surface area contributed by atoms with Crippen molar-refractivity contribution in [3.8, 4) is 0 Å². The van der Waals surface area contributed by atoms with Gasteiger partial charge in [-0.1, -0.05) is 24.3 Å². The van der Waals surface area contributed by atoms with Crippen LogP contribution >= 0.6 is 0 Å². The highest BCUT2D eigenvalue weighted by Gasteiger charge is 2.57. The maximum Gasteiger partial charge on any atom is 0.0192 e. The molecule has 4 saturated carbocycles. The molecule has 1 N–H and O–H groups in total. The van der Waals surface area contributed by atoms with Gasteiger partial charge in [0.1, 0.15) is 0 Å². The molecule has 1 aromatic rings. The van der Waals surface area contributed by atoms with Crippen molar-refractivity contribution in [2.75, 3.05) is 7.05 Å². The van der Waals surface area contributed by atoms with E-state index in [0.29, 0.717) is 11.0 Å². The van der Waals surface area contributed by atoms with Gasteiger partial charge in [-0.15, -0.1) is 0 Å². The Morgan fingerprint density at radius 3 is 2.37 bits per heavy atom. The fourth-order valence-corrected chi connectivity index (χ4v) is 6.04. The molecule has 5 rings (SSSR count). The molecule has 0 aromatic heterocycles. The van der Waals surface area contributed by atoms with Gasteiger partial charge in [0.05, 0.1) is 0 Å². The summed E-state index contributed by atoms with van der Waals surface area (Å²) in [6.45, 7) is 2.31. The Bertz CT molecular complexity index is 490. The lowest BCUT2D eigenvalue weighted by Crippen LogP contribution is -2.62. The SMILES string of the molecule is CNC12CC3CC(C1)CC(c1ccccc1C)(C3)C2. The minimum absolute atomic E-state index is 0.451. The first-order chi connectivity index (χ1) is 9.15. The van der Waals surface area contributed by atoms with Crippen molar-refractivity contribution in [1.29, 1.82) is 0 Å². The van der Waals surface area contributed by atoms with Gasteiger partial charge in [-0.3, -0.25) is 0 Å². The lowest BCUT2D eigenvalue weighted by molar-refractivity contribution is -0.0376. The molecule has 4 bridgehead atoms. The van der Waals surface area contributed by atoms with Crippen LogP contribution in [0.25, 0.3) is 0 Å². The van der Waals surface area contributed by atoms with Gasteiger partial charge < -0.3 is 5.32 Å². The highest BCUT2D eigenvalue weighted by Crippen LogP contribution is 2.62. The van der Waals surface area contributed by atoms with Crippen LogP contribution in [0.3, 0.4) is 0 Å². The molecule has 0 radical (unpaired) electrons. The molecule has 0 saturated heterocycles. The minimum Gasteiger partial charge on any atom is -0.314 e. The number of hydrogen-bond acceptors (Lipinski definition) is 1. The summed E-state index contributed by atoms with van der Waals surface area (Å²) in [4.78, 5) is 0. The van der Waals surface area contributed by atoms with Gasteiger partial charge in [0.2, 0.25) is 0 Å². The van der Waals surface area contributed by atoms with Gasteiger partial charge >= 0.3 is 0 Å². The molecule has 1 heteroatoms. The molecule has 19 heavy (non-hydrogen) atoms. The maximum atomic E-state index is 3.72. The molecule has 4 aliphatic rings. The van der Waals surface area contributed by atoms with Crippen LogP contribution in [0.2, 0.25) is 0 Å². The first-order valence-corrected chi connectivity index (χ1v) is 7.90. The third kappa shape index (κ3) is 1.64. The van der Waals surface area contributed by atoms with E-state index < -0.39 is 0 Å². The van der Waals surface area contributed by atoms with E-state index in [0.717, 1.165) is 11.8 Å². The standard InChI is InChI=1S/C18H25N/c1-13-5-3-4-6-16(13)17-8-14-7-15(9-17)11-18(10-14,12-17)19-2/h3-6,14-15,19H,7-12H2,1-2H3. The highest BCUT2D eigenvalue weighted by molar-refractivity contribution is 5.37. The molecule has 2 atom stereocenters. The summed E-state index contributed by atoms with van der Waals surface area (Å²) in [6.07, 6.45) is 8.60. The zero-order chi connectivity index (χ0) is 13.1. The molecule has 4 fully saturated rings. The van der Waals surface area contributed by atoms with Crippen LogP contribution in [0.1, 0.15) is 49.7 Å². The van der Waals surface area contributed by atoms with Crippen LogP contribution in [-0.2, 0) is 5.41 Å². The van der Waals surface area contributed by atoms with Crippen LogP contribution in [0, 0.1) is 18.8 Å². The summed E-state index contributed by atoms with van der Waals surface area (Å²) in [5.74, 6) is 1.93. The van der Waals surface area contributed by atoms with E-state index >= 15 is 0 Å². The normalized spacial score (nSPS) is 43.7.